The molecular weight excluding hydrogens is 269 g/mol. The van der Waals surface area contributed by atoms with Gasteiger partial charge in [0.05, 0.1) is 23.8 Å². The van der Waals surface area contributed by atoms with Crippen molar-refractivity contribution >= 4 is 21.9 Å². The molecular formula is C16H16FN3O. The van der Waals surface area contributed by atoms with Gasteiger partial charge in [-0.1, -0.05) is 12.1 Å². The summed E-state index contributed by atoms with van der Waals surface area (Å²) in [7, 11) is 0. The number of alkyl halides is 1. The third kappa shape index (κ3) is 1.84. The Morgan fingerprint density at radius 1 is 1.29 bits per heavy atom. The Balaban J connectivity index is 2.19. The molecule has 0 amide bonds. The topological polar surface area (TPSA) is 39.9 Å². The van der Waals surface area contributed by atoms with Crippen molar-refractivity contribution in [2.24, 2.45) is 0 Å². The van der Waals surface area contributed by atoms with Gasteiger partial charge in [-0.05, 0) is 19.9 Å². The van der Waals surface area contributed by atoms with E-state index < -0.39 is 5.67 Å². The molecule has 3 heterocycles. The monoisotopic (exact) mass is 285 g/mol. The molecule has 4 nitrogen and oxygen atoms in total. The van der Waals surface area contributed by atoms with Crippen molar-refractivity contribution in [3.63, 3.8) is 0 Å². The third-order valence-electron chi connectivity index (χ3n) is 4.01. The lowest BCUT2D eigenvalue weighted by atomic mass is 9.95. The summed E-state index contributed by atoms with van der Waals surface area (Å²) in [6, 6.07) is 5.61. The van der Waals surface area contributed by atoms with Gasteiger partial charge < -0.3 is 9.30 Å². The summed E-state index contributed by atoms with van der Waals surface area (Å²) in [6.45, 7) is 5.06. The van der Waals surface area contributed by atoms with Crippen molar-refractivity contribution in [1.29, 1.82) is 0 Å². The van der Waals surface area contributed by atoms with Crippen molar-refractivity contribution in [3.05, 3.63) is 35.8 Å². The highest BCUT2D eigenvalue weighted by Crippen LogP contribution is 2.35. The summed E-state index contributed by atoms with van der Waals surface area (Å²) in [6.07, 6.45) is 1.76. The fourth-order valence-corrected chi connectivity index (χ4v) is 3.07. The van der Waals surface area contributed by atoms with Crippen molar-refractivity contribution in [1.82, 2.24) is 14.5 Å². The molecule has 2 aromatic heterocycles. The molecule has 108 valence electrons. The average molecular weight is 285 g/mol. The first kappa shape index (κ1) is 12.7. The normalized spacial score (nSPS) is 15.6. The highest BCUT2D eigenvalue weighted by Gasteiger charge is 2.25. The van der Waals surface area contributed by atoms with Crippen LogP contribution in [0.15, 0.2) is 24.4 Å². The molecule has 1 aliphatic heterocycles. The molecule has 0 radical (unpaired) electrons. The zero-order chi connectivity index (χ0) is 14.6. The molecule has 0 bridgehead atoms. The number of ether oxygens (including phenoxy) is 1. The van der Waals surface area contributed by atoms with E-state index in [0.717, 1.165) is 34.3 Å². The van der Waals surface area contributed by atoms with E-state index in [1.165, 1.54) is 0 Å². The lowest BCUT2D eigenvalue weighted by Crippen LogP contribution is -2.17. The summed E-state index contributed by atoms with van der Waals surface area (Å²) in [5.74, 6) is 0.886. The van der Waals surface area contributed by atoms with Crippen LogP contribution in [0.2, 0.25) is 0 Å². The van der Waals surface area contributed by atoms with Gasteiger partial charge in [0, 0.05) is 17.5 Å². The number of benzene rings is 1. The minimum atomic E-state index is -1.43. The van der Waals surface area contributed by atoms with Crippen LogP contribution in [-0.4, -0.2) is 21.1 Å². The predicted octanol–water partition coefficient (Wildman–Crippen LogP) is 3.32. The number of hydrogen-bond donors (Lipinski definition) is 0. The van der Waals surface area contributed by atoms with Gasteiger partial charge in [-0.25, -0.2) is 9.37 Å². The van der Waals surface area contributed by atoms with E-state index in [1.807, 2.05) is 18.2 Å². The third-order valence-corrected chi connectivity index (χ3v) is 4.01. The molecule has 1 aliphatic rings. The SMILES string of the molecule is CC(C)(F)c1cccc2ncc3nc4n(c3c12)CCOC4. The number of halogens is 1. The van der Waals surface area contributed by atoms with Crippen molar-refractivity contribution in [2.75, 3.05) is 6.61 Å². The van der Waals surface area contributed by atoms with Crippen LogP contribution < -0.4 is 0 Å². The zero-order valence-corrected chi connectivity index (χ0v) is 12.1. The van der Waals surface area contributed by atoms with Crippen LogP contribution in [0.25, 0.3) is 21.9 Å². The van der Waals surface area contributed by atoms with Gasteiger partial charge in [0.2, 0.25) is 0 Å². The van der Waals surface area contributed by atoms with Gasteiger partial charge >= 0.3 is 0 Å². The highest BCUT2D eigenvalue weighted by molar-refractivity contribution is 6.04. The number of pyridine rings is 1. The second kappa shape index (κ2) is 4.24. The lowest BCUT2D eigenvalue weighted by Gasteiger charge is -2.19. The van der Waals surface area contributed by atoms with Crippen LogP contribution in [0.5, 0.6) is 0 Å². The zero-order valence-electron chi connectivity index (χ0n) is 12.1. The Hall–Kier alpha value is -2.01. The Kier molecular flexibility index (Phi) is 2.57. The first-order valence-corrected chi connectivity index (χ1v) is 7.10. The molecule has 5 heteroatoms. The molecule has 0 saturated heterocycles. The van der Waals surface area contributed by atoms with Crippen LogP contribution in [0, 0.1) is 0 Å². The maximum Gasteiger partial charge on any atom is 0.136 e. The summed E-state index contributed by atoms with van der Waals surface area (Å²) in [5.41, 5.74) is 1.82. The molecule has 0 atom stereocenters. The molecule has 4 rings (SSSR count). The molecule has 0 unspecified atom stereocenters. The molecule has 3 aromatic rings. The van der Waals surface area contributed by atoms with E-state index >= 15 is 0 Å². The molecule has 0 N–H and O–H groups in total. The van der Waals surface area contributed by atoms with Crippen LogP contribution in [-0.2, 0) is 23.6 Å². The number of fused-ring (bicyclic) bond motifs is 5. The van der Waals surface area contributed by atoms with Gasteiger partial charge in [0.1, 0.15) is 23.6 Å². The molecule has 0 aliphatic carbocycles. The fourth-order valence-electron chi connectivity index (χ4n) is 3.07. The van der Waals surface area contributed by atoms with Crippen LogP contribution in [0.4, 0.5) is 4.39 Å². The van der Waals surface area contributed by atoms with E-state index in [9.17, 15) is 4.39 Å². The summed E-state index contributed by atoms with van der Waals surface area (Å²) >= 11 is 0. The maximum atomic E-state index is 14.6. The average Bonchev–Trinajstić information content (AvgIpc) is 2.84. The standard InChI is InChI=1S/C16H16FN3O/c1-16(2,17)10-4-3-5-11-14(10)15-12(8-18-11)19-13-9-21-7-6-20(13)15/h3-5,8H,6-7,9H2,1-2H3. The van der Waals surface area contributed by atoms with E-state index in [2.05, 4.69) is 14.5 Å². The molecule has 0 fully saturated rings. The van der Waals surface area contributed by atoms with Crippen molar-refractivity contribution in [2.45, 2.75) is 32.7 Å². The predicted molar refractivity (Wildman–Crippen MR) is 78.8 cm³/mol. The van der Waals surface area contributed by atoms with Crippen molar-refractivity contribution in [3.8, 4) is 0 Å². The second-order valence-corrected chi connectivity index (χ2v) is 5.90. The van der Waals surface area contributed by atoms with E-state index in [4.69, 9.17) is 4.74 Å². The van der Waals surface area contributed by atoms with Gasteiger partial charge in [-0.2, -0.15) is 0 Å². The summed E-state index contributed by atoms with van der Waals surface area (Å²) in [5, 5.41) is 0.864. The van der Waals surface area contributed by atoms with E-state index in [1.54, 1.807) is 20.0 Å². The number of nitrogens with zero attached hydrogens (tertiary/aromatic N) is 3. The van der Waals surface area contributed by atoms with Crippen LogP contribution in [0.1, 0.15) is 25.2 Å². The Morgan fingerprint density at radius 3 is 2.95 bits per heavy atom. The summed E-state index contributed by atoms with van der Waals surface area (Å²) in [4.78, 5) is 9.02. The molecule has 0 saturated carbocycles. The minimum absolute atomic E-state index is 0.497. The molecule has 0 spiro atoms. The lowest BCUT2D eigenvalue weighted by molar-refractivity contribution is 0.0831. The molecule has 21 heavy (non-hydrogen) atoms. The quantitative estimate of drug-likeness (QED) is 0.688. The van der Waals surface area contributed by atoms with Gasteiger partial charge in [0.15, 0.2) is 0 Å². The van der Waals surface area contributed by atoms with Crippen LogP contribution in [0.3, 0.4) is 0 Å². The Morgan fingerprint density at radius 2 is 2.14 bits per heavy atom. The summed E-state index contributed by atoms with van der Waals surface area (Å²) < 4.78 is 22.2. The Bertz CT molecular complexity index is 848. The highest BCUT2D eigenvalue weighted by atomic mass is 19.1. The van der Waals surface area contributed by atoms with Gasteiger partial charge in [0.25, 0.3) is 0 Å². The maximum absolute atomic E-state index is 14.6. The number of rotatable bonds is 1. The first-order valence-electron chi connectivity index (χ1n) is 7.10. The fraction of sp³-hybridized carbons (Fsp3) is 0.375. The number of imidazole rings is 1. The van der Waals surface area contributed by atoms with Crippen LogP contribution >= 0.6 is 0 Å². The van der Waals surface area contributed by atoms with Gasteiger partial charge in [-0.3, -0.25) is 4.98 Å². The number of hydrogen-bond acceptors (Lipinski definition) is 3. The smallest absolute Gasteiger partial charge is 0.136 e. The molecule has 1 aromatic carbocycles. The van der Waals surface area contributed by atoms with E-state index in [0.29, 0.717) is 18.8 Å². The second-order valence-electron chi connectivity index (χ2n) is 5.90. The Labute approximate surface area is 121 Å². The first-order chi connectivity index (χ1) is 10.1. The largest absolute Gasteiger partial charge is 0.372 e. The number of aromatic nitrogens is 3. The van der Waals surface area contributed by atoms with Gasteiger partial charge in [-0.15, -0.1) is 0 Å². The van der Waals surface area contributed by atoms with E-state index in [-0.39, 0.29) is 0 Å². The minimum Gasteiger partial charge on any atom is -0.372 e. The van der Waals surface area contributed by atoms with Crippen molar-refractivity contribution < 1.29 is 9.13 Å².